The molecule has 1 aromatic carbocycles. The van der Waals surface area contributed by atoms with Crippen LogP contribution in [0.4, 0.5) is 16.4 Å². The highest BCUT2D eigenvalue weighted by molar-refractivity contribution is 6.33. The molecular weight excluding hydrogens is 472 g/mol. The third-order valence-corrected chi connectivity index (χ3v) is 5.78. The number of hydrogen-bond donors (Lipinski definition) is 2. The Morgan fingerprint density at radius 2 is 1.89 bits per heavy atom. The number of ether oxygens (including phenoxy) is 1. The van der Waals surface area contributed by atoms with Gasteiger partial charge in [-0.05, 0) is 39.7 Å². The van der Waals surface area contributed by atoms with Crippen LogP contribution in [0.5, 0.6) is 0 Å². The number of carboxylic acid groups (broad SMARTS) is 1. The average molecular weight is 499 g/mol. The molecule has 0 bridgehead atoms. The van der Waals surface area contributed by atoms with Gasteiger partial charge >= 0.3 is 12.1 Å². The molecule has 1 fully saturated rings. The summed E-state index contributed by atoms with van der Waals surface area (Å²) in [4.78, 5) is 34.3. The molecule has 0 radical (unpaired) electrons. The molecule has 3 heterocycles. The number of hydrogen-bond acceptors (Lipinski definition) is 7. The molecule has 4 rings (SSSR count). The van der Waals surface area contributed by atoms with Crippen molar-refractivity contribution in [3.8, 4) is 11.3 Å². The lowest BCUT2D eigenvalue weighted by atomic mass is 10.0. The highest BCUT2D eigenvalue weighted by atomic mass is 35.5. The predicted octanol–water partition coefficient (Wildman–Crippen LogP) is 5.01. The maximum Gasteiger partial charge on any atom is 0.410 e. The number of nitrogens with zero attached hydrogens (tertiary/aromatic N) is 5. The number of aromatic carboxylic acids is 1. The van der Waals surface area contributed by atoms with Crippen molar-refractivity contribution in [1.82, 2.24) is 24.6 Å². The SMILES string of the molecule is CC(C)(C)OC(=O)N1CCC(n2cc(Nc3ncc(Cl)c(-c4ccccc4C(=O)O)n3)cn2)CC1. The number of aromatic nitrogens is 4. The Kier molecular flexibility index (Phi) is 6.93. The minimum Gasteiger partial charge on any atom is -0.478 e. The van der Waals surface area contributed by atoms with Gasteiger partial charge in [0.05, 0.1) is 40.4 Å². The van der Waals surface area contributed by atoms with Crippen LogP contribution in [0.25, 0.3) is 11.3 Å². The van der Waals surface area contributed by atoms with E-state index in [-0.39, 0.29) is 28.7 Å². The number of benzene rings is 1. The Labute approximate surface area is 207 Å². The molecule has 0 saturated carbocycles. The van der Waals surface area contributed by atoms with E-state index in [1.165, 1.54) is 12.3 Å². The van der Waals surface area contributed by atoms with Gasteiger partial charge in [-0.2, -0.15) is 5.10 Å². The van der Waals surface area contributed by atoms with Crippen molar-refractivity contribution in [2.45, 2.75) is 45.3 Å². The zero-order valence-corrected chi connectivity index (χ0v) is 20.5. The van der Waals surface area contributed by atoms with Gasteiger partial charge in [0.15, 0.2) is 0 Å². The molecule has 3 aromatic rings. The number of rotatable bonds is 5. The van der Waals surface area contributed by atoms with Crippen LogP contribution in [0.2, 0.25) is 5.02 Å². The van der Waals surface area contributed by atoms with Gasteiger partial charge in [-0.1, -0.05) is 29.8 Å². The van der Waals surface area contributed by atoms with Crippen LogP contribution in [-0.2, 0) is 4.74 Å². The van der Waals surface area contributed by atoms with Crippen LogP contribution in [0.15, 0.2) is 42.9 Å². The second kappa shape index (κ2) is 9.91. The maximum atomic E-state index is 12.3. The fourth-order valence-corrected chi connectivity index (χ4v) is 4.06. The van der Waals surface area contributed by atoms with Gasteiger partial charge in [0, 0.05) is 24.8 Å². The predicted molar refractivity (Wildman–Crippen MR) is 131 cm³/mol. The van der Waals surface area contributed by atoms with Crippen LogP contribution in [0.1, 0.15) is 50.0 Å². The quantitative estimate of drug-likeness (QED) is 0.503. The Balaban J connectivity index is 1.44. The van der Waals surface area contributed by atoms with Crippen LogP contribution in [-0.4, -0.2) is 60.5 Å². The van der Waals surface area contributed by atoms with E-state index in [1.807, 2.05) is 31.6 Å². The van der Waals surface area contributed by atoms with Crippen LogP contribution in [0, 0.1) is 0 Å². The molecule has 0 spiro atoms. The van der Waals surface area contributed by atoms with Gasteiger partial charge in [-0.15, -0.1) is 0 Å². The summed E-state index contributed by atoms with van der Waals surface area (Å²) in [5.41, 5.74) is 0.992. The van der Waals surface area contributed by atoms with E-state index >= 15 is 0 Å². The monoisotopic (exact) mass is 498 g/mol. The topological polar surface area (TPSA) is 122 Å². The van der Waals surface area contributed by atoms with E-state index in [2.05, 4.69) is 20.4 Å². The maximum absolute atomic E-state index is 12.3. The number of carbonyl (C=O) groups excluding carboxylic acids is 1. The first kappa shape index (κ1) is 24.5. The standard InChI is InChI=1S/C24H27ClN6O4/c1-24(2,3)35-23(34)30-10-8-16(9-11-30)31-14-15(12-27-31)28-22-26-13-19(25)20(29-22)17-6-4-5-7-18(17)21(32)33/h4-7,12-14,16H,8-11H2,1-3H3,(H,32,33)(H,26,28,29). The lowest BCUT2D eigenvalue weighted by Gasteiger charge is -2.33. The third kappa shape index (κ3) is 5.89. The Morgan fingerprint density at radius 1 is 1.17 bits per heavy atom. The van der Waals surface area contributed by atoms with Gasteiger partial charge in [0.25, 0.3) is 0 Å². The van der Waals surface area contributed by atoms with Gasteiger partial charge in [-0.3, -0.25) is 4.68 Å². The molecule has 11 heteroatoms. The molecule has 10 nitrogen and oxygen atoms in total. The summed E-state index contributed by atoms with van der Waals surface area (Å²) in [5.74, 6) is -0.798. The van der Waals surface area contributed by atoms with E-state index in [0.717, 1.165) is 12.8 Å². The first-order valence-electron chi connectivity index (χ1n) is 11.2. The molecule has 1 saturated heterocycles. The second-order valence-corrected chi connectivity index (χ2v) is 9.68. The highest BCUT2D eigenvalue weighted by Crippen LogP contribution is 2.30. The normalized spacial score (nSPS) is 14.6. The highest BCUT2D eigenvalue weighted by Gasteiger charge is 2.28. The molecule has 0 aliphatic carbocycles. The van der Waals surface area contributed by atoms with Gasteiger partial charge in [0.2, 0.25) is 5.95 Å². The molecule has 1 aliphatic heterocycles. The Bertz CT molecular complexity index is 1230. The molecule has 1 amide bonds. The van der Waals surface area contributed by atoms with Crippen LogP contribution >= 0.6 is 11.6 Å². The summed E-state index contributed by atoms with van der Waals surface area (Å²) >= 11 is 6.29. The number of anilines is 2. The van der Waals surface area contributed by atoms with Crippen molar-refractivity contribution >= 4 is 35.3 Å². The molecule has 184 valence electrons. The molecule has 2 aromatic heterocycles. The number of piperidine rings is 1. The third-order valence-electron chi connectivity index (χ3n) is 5.50. The van der Waals surface area contributed by atoms with E-state index in [1.54, 1.807) is 29.3 Å². The molecule has 35 heavy (non-hydrogen) atoms. The first-order valence-corrected chi connectivity index (χ1v) is 11.6. The van der Waals surface area contributed by atoms with Crippen molar-refractivity contribution in [3.63, 3.8) is 0 Å². The van der Waals surface area contributed by atoms with E-state index in [0.29, 0.717) is 30.0 Å². The molecule has 2 N–H and O–H groups in total. The fourth-order valence-electron chi connectivity index (χ4n) is 3.86. The fraction of sp³-hybridized carbons (Fsp3) is 0.375. The lowest BCUT2D eigenvalue weighted by Crippen LogP contribution is -2.42. The lowest BCUT2D eigenvalue weighted by molar-refractivity contribution is 0.0184. The van der Waals surface area contributed by atoms with E-state index in [9.17, 15) is 14.7 Å². The molecular formula is C24H27ClN6O4. The van der Waals surface area contributed by atoms with E-state index < -0.39 is 11.6 Å². The number of halogens is 1. The van der Waals surface area contributed by atoms with Gasteiger partial charge < -0.3 is 20.1 Å². The molecule has 1 aliphatic rings. The van der Waals surface area contributed by atoms with Gasteiger partial charge in [-0.25, -0.2) is 19.6 Å². The first-order chi connectivity index (χ1) is 16.6. The van der Waals surface area contributed by atoms with Crippen molar-refractivity contribution in [2.75, 3.05) is 18.4 Å². The molecule has 0 unspecified atom stereocenters. The summed E-state index contributed by atoms with van der Waals surface area (Å²) in [6.45, 7) is 6.75. The number of amides is 1. The minimum absolute atomic E-state index is 0.101. The van der Waals surface area contributed by atoms with Crippen molar-refractivity contribution < 1.29 is 19.4 Å². The van der Waals surface area contributed by atoms with Crippen molar-refractivity contribution in [3.05, 3.63) is 53.4 Å². The minimum atomic E-state index is -1.07. The van der Waals surface area contributed by atoms with Crippen molar-refractivity contribution in [1.29, 1.82) is 0 Å². The number of carbonyl (C=O) groups is 2. The smallest absolute Gasteiger partial charge is 0.410 e. The average Bonchev–Trinajstić information content (AvgIpc) is 3.28. The van der Waals surface area contributed by atoms with Crippen LogP contribution in [0.3, 0.4) is 0 Å². The Morgan fingerprint density at radius 3 is 2.57 bits per heavy atom. The molecule has 0 atom stereocenters. The zero-order valence-electron chi connectivity index (χ0n) is 19.7. The Hall–Kier alpha value is -3.66. The summed E-state index contributed by atoms with van der Waals surface area (Å²) in [6, 6.07) is 6.68. The zero-order chi connectivity index (χ0) is 25.2. The second-order valence-electron chi connectivity index (χ2n) is 9.27. The number of nitrogens with one attached hydrogen (secondary N) is 1. The van der Waals surface area contributed by atoms with Crippen LogP contribution < -0.4 is 5.32 Å². The summed E-state index contributed by atoms with van der Waals surface area (Å²) < 4.78 is 7.32. The number of carboxylic acids is 1. The largest absolute Gasteiger partial charge is 0.478 e. The summed E-state index contributed by atoms with van der Waals surface area (Å²) in [5, 5.41) is 17.3. The van der Waals surface area contributed by atoms with Crippen molar-refractivity contribution in [2.24, 2.45) is 0 Å². The summed E-state index contributed by atoms with van der Waals surface area (Å²) in [6.07, 6.45) is 6.18. The van der Waals surface area contributed by atoms with E-state index in [4.69, 9.17) is 16.3 Å². The summed E-state index contributed by atoms with van der Waals surface area (Å²) in [7, 11) is 0. The number of likely N-dealkylation sites (tertiary alicyclic amines) is 1. The van der Waals surface area contributed by atoms with Gasteiger partial charge in [0.1, 0.15) is 5.60 Å².